The number of aryl methyl sites for hydroxylation is 1. The Balaban J connectivity index is 1.47. The minimum atomic E-state index is -1.10. The molecular weight excluding hydrogens is 416 g/mol. The van der Waals surface area contributed by atoms with E-state index in [-0.39, 0.29) is 6.61 Å². The van der Waals surface area contributed by atoms with E-state index in [1.54, 1.807) is 57.4 Å². The summed E-state index contributed by atoms with van der Waals surface area (Å²) in [5.74, 6) is -0.227. The lowest BCUT2D eigenvalue weighted by Crippen LogP contribution is -2.59. The van der Waals surface area contributed by atoms with E-state index in [2.05, 4.69) is 0 Å². The second kappa shape index (κ2) is 9.07. The van der Waals surface area contributed by atoms with Crippen molar-refractivity contribution >= 4 is 5.97 Å². The molecule has 4 rings (SSSR count). The van der Waals surface area contributed by atoms with E-state index in [9.17, 15) is 9.90 Å². The van der Waals surface area contributed by atoms with Gasteiger partial charge in [0.05, 0.1) is 12.7 Å². The van der Waals surface area contributed by atoms with Crippen molar-refractivity contribution in [2.24, 2.45) is 0 Å². The highest BCUT2D eigenvalue weighted by Gasteiger charge is 2.56. The lowest BCUT2D eigenvalue weighted by atomic mass is 9.99. The van der Waals surface area contributed by atoms with Crippen molar-refractivity contribution in [3.63, 3.8) is 0 Å². The number of carbonyl (C=O) groups excluding carboxylic acids is 1. The van der Waals surface area contributed by atoms with E-state index in [0.29, 0.717) is 17.1 Å². The van der Waals surface area contributed by atoms with Crippen LogP contribution in [0.1, 0.15) is 29.8 Å². The molecule has 5 atom stereocenters. The van der Waals surface area contributed by atoms with Gasteiger partial charge in [-0.15, -0.1) is 0 Å². The molecular formula is C24H28O8. The smallest absolute Gasteiger partial charge is 0.338 e. The molecule has 0 spiro atoms. The first-order chi connectivity index (χ1) is 15.3. The molecule has 0 aromatic heterocycles. The van der Waals surface area contributed by atoms with Crippen molar-refractivity contribution < 1.29 is 38.3 Å². The highest BCUT2D eigenvalue weighted by molar-refractivity contribution is 5.89. The van der Waals surface area contributed by atoms with Crippen molar-refractivity contribution in [2.75, 3.05) is 13.7 Å². The molecule has 0 radical (unpaired) electrons. The van der Waals surface area contributed by atoms with Gasteiger partial charge in [0.15, 0.2) is 5.79 Å². The third-order valence-corrected chi connectivity index (χ3v) is 5.43. The Morgan fingerprint density at radius 1 is 1.00 bits per heavy atom. The Bertz CT molecular complexity index is 924. The zero-order valence-electron chi connectivity index (χ0n) is 18.5. The van der Waals surface area contributed by atoms with Crippen molar-refractivity contribution in [2.45, 2.75) is 57.3 Å². The van der Waals surface area contributed by atoms with E-state index in [4.69, 9.17) is 28.4 Å². The molecule has 2 heterocycles. The van der Waals surface area contributed by atoms with E-state index < -0.39 is 42.5 Å². The number of ether oxygens (including phenoxy) is 6. The summed E-state index contributed by atoms with van der Waals surface area (Å²) < 4.78 is 34.4. The maximum Gasteiger partial charge on any atom is 0.338 e. The van der Waals surface area contributed by atoms with Crippen LogP contribution in [0.15, 0.2) is 48.5 Å². The zero-order chi connectivity index (χ0) is 22.9. The number of rotatable bonds is 6. The molecule has 0 aliphatic carbocycles. The van der Waals surface area contributed by atoms with Crippen molar-refractivity contribution in [1.82, 2.24) is 0 Å². The second-order valence-electron chi connectivity index (χ2n) is 8.36. The molecule has 2 aromatic rings. The Morgan fingerprint density at radius 3 is 2.28 bits per heavy atom. The normalized spacial score (nSPS) is 28.6. The SMILES string of the molecule is COc1ccc(O[C@@H]2OC(COC(=O)c3ccc(C)cc3)[C@@H]3OC(C)(C)O[C@H]3C2O)cc1. The summed E-state index contributed by atoms with van der Waals surface area (Å²) in [5.41, 5.74) is 1.49. The molecule has 2 saturated heterocycles. The lowest BCUT2D eigenvalue weighted by Gasteiger charge is -2.39. The Kier molecular flexibility index (Phi) is 6.39. The molecule has 2 unspecified atom stereocenters. The van der Waals surface area contributed by atoms with Crippen LogP contribution in [-0.4, -0.2) is 61.3 Å². The van der Waals surface area contributed by atoms with Crippen LogP contribution < -0.4 is 9.47 Å². The van der Waals surface area contributed by atoms with Gasteiger partial charge in [-0.25, -0.2) is 4.79 Å². The molecule has 0 amide bonds. The molecule has 32 heavy (non-hydrogen) atoms. The number of hydrogen-bond donors (Lipinski definition) is 1. The Hall–Kier alpha value is -2.65. The number of carbonyl (C=O) groups is 1. The Labute approximate surface area is 186 Å². The largest absolute Gasteiger partial charge is 0.497 e. The third kappa shape index (κ3) is 4.88. The minimum Gasteiger partial charge on any atom is -0.497 e. The minimum absolute atomic E-state index is 0.0808. The average Bonchev–Trinajstić information content (AvgIpc) is 3.11. The Morgan fingerprint density at radius 2 is 1.62 bits per heavy atom. The van der Waals surface area contributed by atoms with Crippen LogP contribution in [0.4, 0.5) is 0 Å². The maximum atomic E-state index is 12.5. The molecule has 172 valence electrons. The maximum absolute atomic E-state index is 12.5. The van der Waals surface area contributed by atoms with Gasteiger partial charge in [-0.1, -0.05) is 17.7 Å². The topological polar surface area (TPSA) is 92.7 Å². The van der Waals surface area contributed by atoms with Gasteiger partial charge in [0, 0.05) is 0 Å². The number of hydrogen-bond acceptors (Lipinski definition) is 8. The van der Waals surface area contributed by atoms with Gasteiger partial charge >= 0.3 is 5.97 Å². The predicted molar refractivity (Wildman–Crippen MR) is 114 cm³/mol. The number of fused-ring (bicyclic) bond motifs is 1. The number of benzene rings is 2. The molecule has 0 saturated carbocycles. The van der Waals surface area contributed by atoms with Crippen LogP contribution in [0.3, 0.4) is 0 Å². The second-order valence-corrected chi connectivity index (χ2v) is 8.36. The average molecular weight is 444 g/mol. The summed E-state index contributed by atoms with van der Waals surface area (Å²) in [6, 6.07) is 14.0. The zero-order valence-corrected chi connectivity index (χ0v) is 18.5. The number of methoxy groups -OCH3 is 1. The van der Waals surface area contributed by atoms with Gasteiger partial charge in [0.2, 0.25) is 6.29 Å². The van der Waals surface area contributed by atoms with Crippen LogP contribution in [0.25, 0.3) is 0 Å². The summed E-state index contributed by atoms with van der Waals surface area (Å²) in [5, 5.41) is 10.8. The number of aliphatic hydroxyl groups excluding tert-OH is 1. The summed E-state index contributed by atoms with van der Waals surface area (Å²) in [7, 11) is 1.58. The van der Waals surface area contributed by atoms with Crippen molar-refractivity contribution in [1.29, 1.82) is 0 Å². The van der Waals surface area contributed by atoms with Gasteiger partial charge in [-0.3, -0.25) is 0 Å². The monoisotopic (exact) mass is 444 g/mol. The standard InChI is InChI=1S/C24H28O8/c1-14-5-7-15(8-6-14)22(26)28-13-18-20-21(32-24(2,3)31-20)19(25)23(30-18)29-17-11-9-16(27-4)10-12-17/h5-12,18-21,23,25H,13H2,1-4H3/t18?,19?,20-,21-,23+/m0/s1. The first kappa shape index (κ1) is 22.5. The fourth-order valence-corrected chi connectivity index (χ4v) is 3.80. The molecule has 2 aromatic carbocycles. The fourth-order valence-electron chi connectivity index (χ4n) is 3.80. The summed E-state index contributed by atoms with van der Waals surface area (Å²) in [6.45, 7) is 5.38. The molecule has 2 fully saturated rings. The van der Waals surface area contributed by atoms with Crippen LogP contribution in [0.2, 0.25) is 0 Å². The molecule has 8 nitrogen and oxygen atoms in total. The quantitative estimate of drug-likeness (QED) is 0.680. The number of aliphatic hydroxyl groups is 1. The van der Waals surface area contributed by atoms with Crippen LogP contribution in [-0.2, 0) is 18.9 Å². The summed E-state index contributed by atoms with van der Waals surface area (Å²) >= 11 is 0. The van der Waals surface area contributed by atoms with E-state index in [0.717, 1.165) is 5.56 Å². The van der Waals surface area contributed by atoms with Gasteiger partial charge < -0.3 is 33.5 Å². The number of esters is 1. The van der Waals surface area contributed by atoms with Crippen LogP contribution in [0, 0.1) is 6.92 Å². The highest BCUT2D eigenvalue weighted by Crippen LogP contribution is 2.38. The van der Waals surface area contributed by atoms with Gasteiger partial charge in [-0.05, 0) is 57.2 Å². The lowest BCUT2D eigenvalue weighted by molar-refractivity contribution is -0.254. The van der Waals surface area contributed by atoms with Crippen molar-refractivity contribution in [3.05, 3.63) is 59.7 Å². The van der Waals surface area contributed by atoms with Gasteiger partial charge in [0.25, 0.3) is 0 Å². The van der Waals surface area contributed by atoms with Gasteiger partial charge in [-0.2, -0.15) is 0 Å². The van der Waals surface area contributed by atoms with Crippen molar-refractivity contribution in [3.8, 4) is 11.5 Å². The van der Waals surface area contributed by atoms with Crippen LogP contribution >= 0.6 is 0 Å². The van der Waals surface area contributed by atoms with E-state index in [1.165, 1.54) is 0 Å². The van der Waals surface area contributed by atoms with Crippen LogP contribution in [0.5, 0.6) is 11.5 Å². The molecule has 8 heteroatoms. The van der Waals surface area contributed by atoms with E-state index in [1.807, 2.05) is 19.1 Å². The first-order valence-electron chi connectivity index (χ1n) is 10.5. The molecule has 2 aliphatic rings. The van der Waals surface area contributed by atoms with Gasteiger partial charge in [0.1, 0.15) is 42.5 Å². The van der Waals surface area contributed by atoms with E-state index >= 15 is 0 Å². The summed E-state index contributed by atoms with van der Waals surface area (Å²) in [6.07, 6.45) is -4.16. The summed E-state index contributed by atoms with van der Waals surface area (Å²) in [4.78, 5) is 12.5. The molecule has 0 bridgehead atoms. The fraction of sp³-hybridized carbons (Fsp3) is 0.458. The molecule has 2 aliphatic heterocycles. The first-order valence-corrected chi connectivity index (χ1v) is 10.5. The molecule has 1 N–H and O–H groups in total. The third-order valence-electron chi connectivity index (χ3n) is 5.43. The highest BCUT2D eigenvalue weighted by atomic mass is 16.8. The predicted octanol–water partition coefficient (Wildman–Crippen LogP) is 2.85.